The second kappa shape index (κ2) is 6.27. The van der Waals surface area contributed by atoms with Crippen LogP contribution in [0, 0.1) is 6.92 Å². The van der Waals surface area contributed by atoms with Crippen molar-refractivity contribution in [3.8, 4) is 0 Å². The fraction of sp³-hybridized carbons (Fsp3) is 0.231. The largest absolute Gasteiger partial charge is 0.244 e. The molecule has 108 valence electrons. The summed E-state index contributed by atoms with van der Waals surface area (Å²) < 4.78 is 28.2. The van der Waals surface area contributed by atoms with Gasteiger partial charge in [-0.05, 0) is 46.6 Å². The molecule has 0 saturated carbocycles. The lowest BCUT2D eigenvalue weighted by Crippen LogP contribution is -2.26. The maximum Gasteiger partial charge on any atom is 0.244 e. The quantitative estimate of drug-likeness (QED) is 0.709. The molecule has 0 saturated heterocycles. The Balaban J connectivity index is 2.28. The van der Waals surface area contributed by atoms with Crippen LogP contribution in [-0.2, 0) is 16.6 Å². The number of hydrogen-bond acceptors (Lipinski definition) is 3. The van der Waals surface area contributed by atoms with Crippen LogP contribution in [0.1, 0.15) is 10.4 Å². The van der Waals surface area contributed by atoms with E-state index >= 15 is 0 Å². The van der Waals surface area contributed by atoms with Crippen molar-refractivity contribution >= 4 is 53.2 Å². The van der Waals surface area contributed by atoms with Crippen LogP contribution in [0.3, 0.4) is 0 Å². The highest BCUT2D eigenvalue weighted by atomic mass is 79.9. The van der Waals surface area contributed by atoms with E-state index in [0.29, 0.717) is 11.4 Å². The van der Waals surface area contributed by atoms with E-state index < -0.39 is 10.0 Å². The highest BCUT2D eigenvalue weighted by molar-refractivity contribution is 9.11. The minimum Gasteiger partial charge on any atom is -0.207 e. The lowest BCUT2D eigenvalue weighted by atomic mass is 10.2. The topological polar surface area (TPSA) is 37.4 Å². The summed E-state index contributed by atoms with van der Waals surface area (Å²) in [7, 11) is -1.86. The highest BCUT2D eigenvalue weighted by Crippen LogP contribution is 2.31. The molecule has 0 fully saturated rings. The number of benzene rings is 1. The minimum atomic E-state index is -3.46. The molecule has 20 heavy (non-hydrogen) atoms. The first kappa shape index (κ1) is 16.2. The summed E-state index contributed by atoms with van der Waals surface area (Å²) in [6.07, 6.45) is 0. The lowest BCUT2D eigenvalue weighted by molar-refractivity contribution is 0.466. The fourth-order valence-corrected chi connectivity index (χ4v) is 5.82. The molecule has 0 bridgehead atoms. The van der Waals surface area contributed by atoms with Crippen LogP contribution < -0.4 is 0 Å². The lowest BCUT2D eigenvalue weighted by Gasteiger charge is -2.17. The molecule has 3 nitrogen and oxygen atoms in total. The molecular weight excluding hydrogens is 426 g/mol. The molecule has 1 aromatic carbocycles. The van der Waals surface area contributed by atoms with E-state index in [0.717, 1.165) is 18.7 Å². The Morgan fingerprint density at radius 2 is 1.95 bits per heavy atom. The third-order valence-corrected chi connectivity index (χ3v) is 6.93. The molecule has 0 N–H and O–H groups in total. The molecule has 0 aliphatic rings. The maximum atomic E-state index is 12.6. The van der Waals surface area contributed by atoms with E-state index in [-0.39, 0.29) is 0 Å². The van der Waals surface area contributed by atoms with Crippen molar-refractivity contribution in [1.29, 1.82) is 0 Å². The average Bonchev–Trinajstić information content (AvgIpc) is 2.69. The number of halogens is 2. The van der Waals surface area contributed by atoms with Gasteiger partial charge in [0.2, 0.25) is 10.0 Å². The summed E-state index contributed by atoms with van der Waals surface area (Å²) in [5.41, 5.74) is 0.942. The molecule has 0 spiro atoms. The van der Waals surface area contributed by atoms with Crippen LogP contribution in [0.5, 0.6) is 0 Å². The van der Waals surface area contributed by atoms with Crippen LogP contribution in [0.15, 0.2) is 43.5 Å². The van der Waals surface area contributed by atoms with Gasteiger partial charge in [-0.3, -0.25) is 0 Å². The van der Waals surface area contributed by atoms with Gasteiger partial charge in [-0.25, -0.2) is 8.42 Å². The van der Waals surface area contributed by atoms with Crippen LogP contribution in [0.2, 0.25) is 0 Å². The number of sulfonamides is 1. The predicted molar refractivity (Wildman–Crippen MR) is 89.6 cm³/mol. The van der Waals surface area contributed by atoms with Crippen molar-refractivity contribution in [2.24, 2.45) is 0 Å². The Hall–Kier alpha value is -0.210. The van der Waals surface area contributed by atoms with Crippen molar-refractivity contribution in [3.05, 3.63) is 49.0 Å². The van der Waals surface area contributed by atoms with Crippen molar-refractivity contribution in [1.82, 2.24) is 4.31 Å². The molecule has 1 aromatic heterocycles. The van der Waals surface area contributed by atoms with Gasteiger partial charge in [0.05, 0.1) is 8.68 Å². The Kier molecular flexibility index (Phi) is 5.07. The second-order valence-corrected chi connectivity index (χ2v) is 9.93. The summed E-state index contributed by atoms with van der Waals surface area (Å²) in [4.78, 5) is 1.16. The second-order valence-electron chi connectivity index (χ2n) is 4.36. The van der Waals surface area contributed by atoms with E-state index in [1.807, 2.05) is 31.2 Å². The van der Waals surface area contributed by atoms with E-state index in [1.165, 1.54) is 15.6 Å². The molecule has 0 aliphatic heterocycles. The smallest absolute Gasteiger partial charge is 0.207 e. The minimum absolute atomic E-state index is 0.342. The van der Waals surface area contributed by atoms with Crippen molar-refractivity contribution in [3.63, 3.8) is 0 Å². The number of hydrogen-bond donors (Lipinski definition) is 0. The molecule has 0 radical (unpaired) electrons. The molecule has 2 rings (SSSR count). The van der Waals surface area contributed by atoms with Crippen LogP contribution in [-0.4, -0.2) is 19.8 Å². The van der Waals surface area contributed by atoms with Gasteiger partial charge in [0.1, 0.15) is 0 Å². The van der Waals surface area contributed by atoms with Crippen molar-refractivity contribution < 1.29 is 8.42 Å². The van der Waals surface area contributed by atoms with Crippen LogP contribution >= 0.6 is 43.2 Å². The molecule has 0 amide bonds. The third kappa shape index (κ3) is 3.51. The van der Waals surface area contributed by atoms with Gasteiger partial charge in [-0.1, -0.05) is 28.1 Å². The zero-order valence-electron chi connectivity index (χ0n) is 10.9. The van der Waals surface area contributed by atoms with Gasteiger partial charge in [-0.15, -0.1) is 11.3 Å². The third-order valence-electron chi connectivity index (χ3n) is 2.82. The van der Waals surface area contributed by atoms with Gasteiger partial charge in [-0.2, -0.15) is 4.31 Å². The summed E-state index contributed by atoms with van der Waals surface area (Å²) in [5.74, 6) is 0. The van der Waals surface area contributed by atoms with Gasteiger partial charge in [0.15, 0.2) is 0 Å². The van der Waals surface area contributed by atoms with E-state index in [2.05, 4.69) is 31.9 Å². The van der Waals surface area contributed by atoms with E-state index in [9.17, 15) is 8.42 Å². The number of nitrogens with zero attached hydrogens (tertiary/aromatic N) is 1. The van der Waals surface area contributed by atoms with Crippen molar-refractivity contribution in [2.45, 2.75) is 18.4 Å². The Morgan fingerprint density at radius 1 is 1.25 bits per heavy atom. The van der Waals surface area contributed by atoms with Crippen molar-refractivity contribution in [2.75, 3.05) is 7.05 Å². The predicted octanol–water partition coefficient (Wildman–Crippen LogP) is 4.40. The first-order chi connectivity index (χ1) is 9.30. The number of aryl methyl sites for hydroxylation is 1. The standard InChI is InChI=1S/C13H13Br2NO2S2/c1-9-12(7-13(15)19-9)20(17,18)16(2)8-10-4-3-5-11(14)6-10/h3-7H,8H2,1-2H3. The molecule has 0 aliphatic carbocycles. The molecule has 0 unspecified atom stereocenters. The zero-order chi connectivity index (χ0) is 14.9. The molecule has 0 atom stereocenters. The Labute approximate surface area is 139 Å². The maximum absolute atomic E-state index is 12.6. The Bertz CT molecular complexity index is 726. The summed E-state index contributed by atoms with van der Waals surface area (Å²) in [6.45, 7) is 2.16. The van der Waals surface area contributed by atoms with E-state index in [4.69, 9.17) is 0 Å². The van der Waals surface area contributed by atoms with Gasteiger partial charge >= 0.3 is 0 Å². The molecular formula is C13H13Br2NO2S2. The van der Waals surface area contributed by atoms with Crippen LogP contribution in [0.25, 0.3) is 0 Å². The number of rotatable bonds is 4. The van der Waals surface area contributed by atoms with Crippen LogP contribution in [0.4, 0.5) is 0 Å². The van der Waals surface area contributed by atoms with Gasteiger partial charge < -0.3 is 0 Å². The fourth-order valence-electron chi connectivity index (χ4n) is 1.83. The summed E-state index contributed by atoms with van der Waals surface area (Å²) in [5, 5.41) is 0. The summed E-state index contributed by atoms with van der Waals surface area (Å²) >= 11 is 8.15. The SMILES string of the molecule is Cc1sc(Br)cc1S(=O)(=O)N(C)Cc1cccc(Br)c1. The molecule has 7 heteroatoms. The van der Waals surface area contributed by atoms with Gasteiger partial charge in [0.25, 0.3) is 0 Å². The van der Waals surface area contributed by atoms with Gasteiger partial charge in [0, 0.05) is 22.9 Å². The first-order valence-corrected chi connectivity index (χ1v) is 9.61. The monoisotopic (exact) mass is 437 g/mol. The van der Waals surface area contributed by atoms with E-state index in [1.54, 1.807) is 13.1 Å². The molecule has 1 heterocycles. The Morgan fingerprint density at radius 3 is 2.50 bits per heavy atom. The summed E-state index contributed by atoms with van der Waals surface area (Å²) in [6, 6.07) is 9.30. The number of thiophene rings is 1. The molecule has 2 aromatic rings. The average molecular weight is 439 g/mol. The normalized spacial score (nSPS) is 12.1. The highest BCUT2D eigenvalue weighted by Gasteiger charge is 2.24. The first-order valence-electron chi connectivity index (χ1n) is 5.77. The zero-order valence-corrected chi connectivity index (χ0v) is 15.7.